The van der Waals surface area contributed by atoms with Gasteiger partial charge in [0.05, 0.1) is 5.69 Å². The lowest BCUT2D eigenvalue weighted by Gasteiger charge is -2.28. The molecular weight excluding hydrogens is 623 g/mol. The molecule has 0 amide bonds. The maximum absolute atomic E-state index is 6.39. The van der Waals surface area contributed by atoms with Gasteiger partial charge < -0.3 is 13.7 Å². The first-order chi connectivity index (χ1) is 25.3. The molecule has 51 heavy (non-hydrogen) atoms. The molecule has 2 aromatic heterocycles. The number of para-hydroxylation sites is 5. The second-order valence-corrected chi connectivity index (χ2v) is 12.9. The summed E-state index contributed by atoms with van der Waals surface area (Å²) in [6.45, 7) is 0. The van der Waals surface area contributed by atoms with Crippen LogP contribution in [-0.4, -0.2) is 0 Å². The van der Waals surface area contributed by atoms with Gasteiger partial charge in [0, 0.05) is 49.6 Å². The maximum Gasteiger partial charge on any atom is 0.143 e. The molecule has 0 saturated carbocycles. The first-order valence-electron chi connectivity index (χ1n) is 17.3. The number of benzene rings is 8. The summed E-state index contributed by atoms with van der Waals surface area (Å²) < 4.78 is 12.8. The summed E-state index contributed by atoms with van der Waals surface area (Å²) in [6.07, 6.45) is 0. The van der Waals surface area contributed by atoms with Gasteiger partial charge in [-0.2, -0.15) is 0 Å². The molecule has 3 nitrogen and oxygen atoms in total. The van der Waals surface area contributed by atoms with E-state index in [1.165, 1.54) is 5.56 Å². The minimum Gasteiger partial charge on any atom is -0.455 e. The molecule has 0 aliphatic heterocycles. The largest absolute Gasteiger partial charge is 0.455 e. The van der Waals surface area contributed by atoms with Crippen LogP contribution in [0.25, 0.3) is 77.3 Å². The molecule has 0 N–H and O–H groups in total. The Hall–Kier alpha value is -6.84. The van der Waals surface area contributed by atoms with Gasteiger partial charge in [-0.1, -0.05) is 146 Å². The Bertz CT molecular complexity index is 2690. The summed E-state index contributed by atoms with van der Waals surface area (Å²) in [5.41, 5.74) is 13.5. The van der Waals surface area contributed by atoms with E-state index in [0.717, 1.165) is 88.8 Å². The Labute approximate surface area is 295 Å². The molecule has 0 bridgehead atoms. The second-order valence-electron chi connectivity index (χ2n) is 12.9. The Balaban J connectivity index is 1.10. The zero-order chi connectivity index (χ0) is 33.7. The van der Waals surface area contributed by atoms with Crippen LogP contribution in [0, 0.1) is 0 Å². The predicted molar refractivity (Wildman–Crippen MR) is 212 cm³/mol. The minimum absolute atomic E-state index is 0.903. The molecule has 10 aromatic rings. The summed E-state index contributed by atoms with van der Waals surface area (Å²) in [6, 6.07) is 66.1. The van der Waals surface area contributed by atoms with Crippen LogP contribution in [0.2, 0.25) is 0 Å². The van der Waals surface area contributed by atoms with Crippen molar-refractivity contribution in [3.8, 4) is 33.4 Å². The van der Waals surface area contributed by atoms with Gasteiger partial charge in [-0.05, 0) is 59.2 Å². The fourth-order valence-electron chi connectivity index (χ4n) is 7.49. The number of fused-ring (bicyclic) bond motifs is 6. The van der Waals surface area contributed by atoms with Crippen molar-refractivity contribution in [2.75, 3.05) is 4.90 Å². The first kappa shape index (κ1) is 29.1. The van der Waals surface area contributed by atoms with Crippen LogP contribution in [0.5, 0.6) is 0 Å². The van der Waals surface area contributed by atoms with Crippen molar-refractivity contribution in [1.29, 1.82) is 0 Å². The third-order valence-corrected chi connectivity index (χ3v) is 9.91. The number of rotatable bonds is 6. The lowest BCUT2D eigenvalue weighted by molar-refractivity contribution is 0.669. The Kier molecular flexibility index (Phi) is 6.81. The summed E-state index contributed by atoms with van der Waals surface area (Å²) in [7, 11) is 0. The van der Waals surface area contributed by atoms with Crippen LogP contribution in [0.1, 0.15) is 0 Å². The van der Waals surface area contributed by atoms with E-state index in [1.54, 1.807) is 0 Å². The Morgan fingerprint density at radius 3 is 1.25 bits per heavy atom. The molecule has 0 saturated heterocycles. The molecule has 0 atom stereocenters. The second kappa shape index (κ2) is 11.9. The molecule has 240 valence electrons. The van der Waals surface area contributed by atoms with Crippen LogP contribution in [0.3, 0.4) is 0 Å². The molecule has 0 spiro atoms. The normalized spacial score (nSPS) is 11.5. The van der Waals surface area contributed by atoms with E-state index in [4.69, 9.17) is 8.83 Å². The van der Waals surface area contributed by atoms with Crippen molar-refractivity contribution in [3.63, 3.8) is 0 Å². The molecule has 0 aliphatic rings. The SMILES string of the molecule is c1ccc(-c2ccccc2N(c2ccc(-c3cccc4c3oc3ccccc34)cc2)c2ccc(-c3cccc4c3oc3ccccc34)cc2)cc1. The van der Waals surface area contributed by atoms with Crippen molar-refractivity contribution in [2.24, 2.45) is 0 Å². The highest BCUT2D eigenvalue weighted by atomic mass is 16.3. The lowest BCUT2D eigenvalue weighted by Crippen LogP contribution is -2.11. The van der Waals surface area contributed by atoms with Gasteiger partial charge in [-0.3, -0.25) is 0 Å². The summed E-state index contributed by atoms with van der Waals surface area (Å²) in [4.78, 5) is 2.35. The zero-order valence-electron chi connectivity index (χ0n) is 27.7. The number of furan rings is 2. The van der Waals surface area contributed by atoms with Crippen LogP contribution in [-0.2, 0) is 0 Å². The highest BCUT2D eigenvalue weighted by Crippen LogP contribution is 2.43. The van der Waals surface area contributed by atoms with Gasteiger partial charge in [0.15, 0.2) is 0 Å². The summed E-state index contributed by atoms with van der Waals surface area (Å²) in [5, 5.41) is 4.53. The summed E-state index contributed by atoms with van der Waals surface area (Å²) >= 11 is 0. The lowest BCUT2D eigenvalue weighted by atomic mass is 9.99. The average Bonchev–Trinajstić information content (AvgIpc) is 3.78. The molecule has 0 radical (unpaired) electrons. The van der Waals surface area contributed by atoms with E-state index in [1.807, 2.05) is 24.3 Å². The summed E-state index contributed by atoms with van der Waals surface area (Å²) in [5.74, 6) is 0. The third-order valence-electron chi connectivity index (χ3n) is 9.91. The minimum atomic E-state index is 0.903. The van der Waals surface area contributed by atoms with Gasteiger partial charge >= 0.3 is 0 Å². The Morgan fingerprint density at radius 1 is 0.294 bits per heavy atom. The molecule has 3 heteroatoms. The molecule has 10 rings (SSSR count). The molecule has 0 fully saturated rings. The van der Waals surface area contributed by atoms with Crippen LogP contribution in [0.15, 0.2) is 197 Å². The smallest absolute Gasteiger partial charge is 0.143 e. The van der Waals surface area contributed by atoms with E-state index >= 15 is 0 Å². The van der Waals surface area contributed by atoms with Crippen LogP contribution < -0.4 is 4.90 Å². The fraction of sp³-hybridized carbons (Fsp3) is 0. The van der Waals surface area contributed by atoms with Crippen LogP contribution in [0.4, 0.5) is 17.1 Å². The zero-order valence-corrected chi connectivity index (χ0v) is 27.7. The number of nitrogens with zero attached hydrogens (tertiary/aromatic N) is 1. The van der Waals surface area contributed by atoms with E-state index in [9.17, 15) is 0 Å². The van der Waals surface area contributed by atoms with E-state index in [2.05, 4.69) is 169 Å². The predicted octanol–water partition coefficient (Wildman–Crippen LogP) is 14.0. The standard InChI is InChI=1S/C48H31NO2/c1-2-12-32(13-3-1)37-14-4-7-21-44(37)49(35-28-24-33(25-29-35)38-17-10-19-42-40-15-5-8-22-45(40)50-47(38)42)36-30-26-34(27-31-36)39-18-11-20-43-41-16-6-9-23-46(41)51-48(39)43/h1-31H. The highest BCUT2D eigenvalue weighted by Gasteiger charge is 2.19. The van der Waals surface area contributed by atoms with E-state index < -0.39 is 0 Å². The van der Waals surface area contributed by atoms with Gasteiger partial charge in [0.2, 0.25) is 0 Å². The van der Waals surface area contributed by atoms with Crippen molar-refractivity contribution in [2.45, 2.75) is 0 Å². The highest BCUT2D eigenvalue weighted by molar-refractivity contribution is 6.10. The quantitative estimate of drug-likeness (QED) is 0.179. The van der Waals surface area contributed by atoms with Gasteiger partial charge in [-0.15, -0.1) is 0 Å². The molecule has 8 aromatic carbocycles. The maximum atomic E-state index is 6.39. The number of hydrogen-bond donors (Lipinski definition) is 0. The average molecular weight is 654 g/mol. The third kappa shape index (κ3) is 4.90. The number of hydrogen-bond acceptors (Lipinski definition) is 3. The van der Waals surface area contributed by atoms with Gasteiger partial charge in [-0.25, -0.2) is 0 Å². The van der Waals surface area contributed by atoms with Crippen molar-refractivity contribution >= 4 is 60.9 Å². The van der Waals surface area contributed by atoms with E-state index in [-0.39, 0.29) is 0 Å². The van der Waals surface area contributed by atoms with Crippen molar-refractivity contribution in [3.05, 3.63) is 188 Å². The molecule has 0 unspecified atom stereocenters. The Morgan fingerprint density at radius 2 is 0.706 bits per heavy atom. The van der Waals surface area contributed by atoms with Gasteiger partial charge in [0.25, 0.3) is 0 Å². The van der Waals surface area contributed by atoms with Crippen molar-refractivity contribution < 1.29 is 8.83 Å². The number of anilines is 3. The van der Waals surface area contributed by atoms with Crippen molar-refractivity contribution in [1.82, 2.24) is 0 Å². The van der Waals surface area contributed by atoms with E-state index in [0.29, 0.717) is 0 Å². The first-order valence-corrected chi connectivity index (χ1v) is 17.3. The van der Waals surface area contributed by atoms with Crippen LogP contribution >= 0.6 is 0 Å². The monoisotopic (exact) mass is 653 g/mol. The molecule has 2 heterocycles. The fourth-order valence-corrected chi connectivity index (χ4v) is 7.49. The van der Waals surface area contributed by atoms with Gasteiger partial charge in [0.1, 0.15) is 22.3 Å². The molecule has 0 aliphatic carbocycles. The topological polar surface area (TPSA) is 29.5 Å². The molecular formula is C48H31NO2.